The molecular formula is C23H26N4S. The third-order valence-electron chi connectivity index (χ3n) is 6.08. The molecule has 0 atom stereocenters. The van der Waals surface area contributed by atoms with E-state index in [0.717, 1.165) is 37.6 Å². The summed E-state index contributed by atoms with van der Waals surface area (Å²) in [5.74, 6) is 1.68. The van der Waals surface area contributed by atoms with Gasteiger partial charge in [0.05, 0.1) is 5.69 Å². The maximum atomic E-state index is 4.99. The Hall–Kier alpha value is -2.11. The van der Waals surface area contributed by atoms with Crippen molar-refractivity contribution in [2.24, 2.45) is 0 Å². The van der Waals surface area contributed by atoms with Crippen LogP contribution in [-0.4, -0.2) is 26.4 Å². The Morgan fingerprint density at radius 3 is 2.89 bits per heavy atom. The molecule has 5 rings (SSSR count). The highest BCUT2D eigenvalue weighted by molar-refractivity contribution is 7.08. The fourth-order valence-electron chi connectivity index (χ4n) is 4.55. The first-order valence-corrected chi connectivity index (χ1v) is 11.3. The molecule has 0 saturated heterocycles. The first-order valence-electron chi connectivity index (χ1n) is 10.4. The Bertz CT molecular complexity index is 932. The van der Waals surface area contributed by atoms with Gasteiger partial charge in [-0.25, -0.2) is 9.97 Å². The van der Waals surface area contributed by atoms with Crippen molar-refractivity contribution in [2.75, 3.05) is 6.54 Å². The van der Waals surface area contributed by atoms with E-state index in [4.69, 9.17) is 9.97 Å². The average molecular weight is 391 g/mol. The Kier molecular flexibility index (Phi) is 5.19. The molecule has 0 radical (unpaired) electrons. The summed E-state index contributed by atoms with van der Waals surface area (Å²) >= 11 is 1.72. The van der Waals surface area contributed by atoms with E-state index in [-0.39, 0.29) is 0 Å². The van der Waals surface area contributed by atoms with Crippen LogP contribution >= 0.6 is 11.3 Å². The molecule has 2 aliphatic rings. The number of fused-ring (bicyclic) bond motifs is 1. The van der Waals surface area contributed by atoms with Gasteiger partial charge in [-0.1, -0.05) is 25.3 Å². The van der Waals surface area contributed by atoms with Crippen molar-refractivity contribution in [3.8, 4) is 11.3 Å². The summed E-state index contributed by atoms with van der Waals surface area (Å²) in [5.41, 5.74) is 6.20. The molecule has 1 saturated carbocycles. The van der Waals surface area contributed by atoms with Crippen LogP contribution in [0.15, 0.2) is 41.4 Å². The molecule has 0 N–H and O–H groups in total. The largest absolute Gasteiger partial charge is 0.294 e. The molecule has 3 aromatic rings. The van der Waals surface area contributed by atoms with E-state index in [0.29, 0.717) is 5.92 Å². The molecule has 0 bridgehead atoms. The van der Waals surface area contributed by atoms with E-state index >= 15 is 0 Å². The normalized spacial score (nSPS) is 18.1. The quantitative estimate of drug-likeness (QED) is 0.613. The number of thiophene rings is 1. The van der Waals surface area contributed by atoms with Crippen LogP contribution in [0.1, 0.15) is 60.7 Å². The predicted molar refractivity (Wildman–Crippen MR) is 113 cm³/mol. The van der Waals surface area contributed by atoms with Gasteiger partial charge in [-0.2, -0.15) is 11.3 Å². The van der Waals surface area contributed by atoms with Gasteiger partial charge in [0.25, 0.3) is 0 Å². The third-order valence-corrected chi connectivity index (χ3v) is 6.77. The third kappa shape index (κ3) is 3.74. The summed E-state index contributed by atoms with van der Waals surface area (Å²) in [6.45, 7) is 2.90. The van der Waals surface area contributed by atoms with Crippen molar-refractivity contribution in [1.29, 1.82) is 0 Å². The monoisotopic (exact) mass is 390 g/mol. The van der Waals surface area contributed by atoms with E-state index in [2.05, 4.69) is 39.0 Å². The standard InChI is InChI=1S/C23H26N4S/c1-2-5-17(6-3-1)23-25-13-20-15-27(11-8-21(20)26-23)14-18-7-4-10-24-22(18)19-9-12-28-16-19/h4,7,9-10,12-13,16-17H,1-3,5-6,8,11,14-15H2. The van der Waals surface area contributed by atoms with Crippen molar-refractivity contribution in [1.82, 2.24) is 19.9 Å². The minimum atomic E-state index is 0.584. The number of aromatic nitrogens is 3. The van der Waals surface area contributed by atoms with Gasteiger partial charge in [0.2, 0.25) is 0 Å². The summed E-state index contributed by atoms with van der Waals surface area (Å²) < 4.78 is 0. The molecule has 1 aliphatic carbocycles. The summed E-state index contributed by atoms with van der Waals surface area (Å²) in [5, 5.41) is 4.30. The lowest BCUT2D eigenvalue weighted by molar-refractivity contribution is 0.242. The van der Waals surface area contributed by atoms with Crippen LogP contribution in [0.5, 0.6) is 0 Å². The summed E-state index contributed by atoms with van der Waals surface area (Å²) in [6, 6.07) is 6.41. The molecule has 0 spiro atoms. The predicted octanol–water partition coefficient (Wildman–Crippen LogP) is 5.21. The van der Waals surface area contributed by atoms with Gasteiger partial charge < -0.3 is 0 Å². The summed E-state index contributed by atoms with van der Waals surface area (Å²) in [7, 11) is 0. The van der Waals surface area contributed by atoms with Crippen molar-refractivity contribution in [3.63, 3.8) is 0 Å². The van der Waals surface area contributed by atoms with Crippen LogP contribution < -0.4 is 0 Å². The van der Waals surface area contributed by atoms with E-state index in [9.17, 15) is 0 Å². The first-order chi connectivity index (χ1) is 13.9. The van der Waals surface area contributed by atoms with Gasteiger partial charge in [-0.05, 0) is 35.9 Å². The van der Waals surface area contributed by atoms with Crippen molar-refractivity contribution in [2.45, 2.75) is 57.5 Å². The molecule has 1 aliphatic heterocycles. The Morgan fingerprint density at radius 2 is 2.04 bits per heavy atom. The number of pyridine rings is 1. The maximum absolute atomic E-state index is 4.99. The second-order valence-electron chi connectivity index (χ2n) is 8.02. The highest BCUT2D eigenvalue weighted by Gasteiger charge is 2.23. The van der Waals surface area contributed by atoms with Gasteiger partial charge in [-0.3, -0.25) is 9.88 Å². The second-order valence-corrected chi connectivity index (χ2v) is 8.80. The lowest BCUT2D eigenvalue weighted by Gasteiger charge is -2.29. The van der Waals surface area contributed by atoms with E-state index in [1.807, 2.05) is 12.3 Å². The summed E-state index contributed by atoms with van der Waals surface area (Å²) in [4.78, 5) is 16.9. The van der Waals surface area contributed by atoms with Crippen LogP contribution in [0.2, 0.25) is 0 Å². The molecule has 4 nitrogen and oxygen atoms in total. The molecule has 28 heavy (non-hydrogen) atoms. The average Bonchev–Trinajstić information content (AvgIpc) is 3.29. The molecule has 5 heteroatoms. The maximum Gasteiger partial charge on any atom is 0.131 e. The van der Waals surface area contributed by atoms with E-state index in [1.165, 1.54) is 54.5 Å². The molecular weight excluding hydrogens is 364 g/mol. The molecule has 1 fully saturated rings. The van der Waals surface area contributed by atoms with Gasteiger partial charge in [0.1, 0.15) is 5.82 Å². The Labute approximate surface area is 170 Å². The zero-order chi connectivity index (χ0) is 18.8. The van der Waals surface area contributed by atoms with Gasteiger partial charge in [-0.15, -0.1) is 0 Å². The molecule has 4 heterocycles. The topological polar surface area (TPSA) is 41.9 Å². The second kappa shape index (κ2) is 8.10. The zero-order valence-corrected chi connectivity index (χ0v) is 17.0. The van der Waals surface area contributed by atoms with Crippen LogP contribution in [0.25, 0.3) is 11.3 Å². The van der Waals surface area contributed by atoms with Gasteiger partial charge >= 0.3 is 0 Å². The van der Waals surface area contributed by atoms with Crippen LogP contribution in [0.4, 0.5) is 0 Å². The van der Waals surface area contributed by atoms with Gasteiger partial charge in [0, 0.05) is 66.6 Å². The van der Waals surface area contributed by atoms with Crippen LogP contribution in [0.3, 0.4) is 0 Å². The van der Waals surface area contributed by atoms with E-state index < -0.39 is 0 Å². The number of rotatable bonds is 4. The fourth-order valence-corrected chi connectivity index (χ4v) is 5.19. The SMILES string of the molecule is c1cnc(-c2ccsc2)c(CN2CCc3nc(C4CCCCC4)ncc3C2)c1. The number of hydrogen-bond donors (Lipinski definition) is 0. The lowest BCUT2D eigenvalue weighted by Crippen LogP contribution is -2.31. The Morgan fingerprint density at radius 1 is 1.11 bits per heavy atom. The molecule has 144 valence electrons. The Balaban J connectivity index is 1.32. The minimum Gasteiger partial charge on any atom is -0.294 e. The first kappa shape index (κ1) is 18.0. The molecule has 0 aromatic carbocycles. The van der Waals surface area contributed by atoms with Crippen molar-refractivity contribution < 1.29 is 0 Å². The van der Waals surface area contributed by atoms with Crippen LogP contribution in [-0.2, 0) is 19.5 Å². The molecule has 3 aromatic heterocycles. The lowest BCUT2D eigenvalue weighted by atomic mass is 9.88. The van der Waals surface area contributed by atoms with Crippen molar-refractivity contribution in [3.05, 3.63) is 64.0 Å². The van der Waals surface area contributed by atoms with Crippen LogP contribution in [0, 0.1) is 0 Å². The highest BCUT2D eigenvalue weighted by Crippen LogP contribution is 2.32. The van der Waals surface area contributed by atoms with Gasteiger partial charge in [0.15, 0.2) is 0 Å². The minimum absolute atomic E-state index is 0.584. The number of hydrogen-bond acceptors (Lipinski definition) is 5. The van der Waals surface area contributed by atoms with Crippen molar-refractivity contribution >= 4 is 11.3 Å². The smallest absolute Gasteiger partial charge is 0.131 e. The summed E-state index contributed by atoms with van der Waals surface area (Å²) in [6.07, 6.45) is 11.6. The van der Waals surface area contributed by atoms with E-state index in [1.54, 1.807) is 11.3 Å². The molecule has 0 unspecified atom stereocenters. The number of nitrogens with zero attached hydrogens (tertiary/aromatic N) is 4. The zero-order valence-electron chi connectivity index (χ0n) is 16.2. The highest BCUT2D eigenvalue weighted by atomic mass is 32.1. The molecule has 0 amide bonds. The fraction of sp³-hybridized carbons (Fsp3) is 0.435.